The molecule has 2 aromatic carbocycles. The molecule has 8 heteroatoms. The zero-order valence-electron chi connectivity index (χ0n) is 18.1. The first-order valence-corrected chi connectivity index (χ1v) is 10.9. The zero-order valence-corrected chi connectivity index (χ0v) is 18.1. The molecule has 1 saturated heterocycles. The Morgan fingerprint density at radius 1 is 1.12 bits per heavy atom. The lowest BCUT2D eigenvalue weighted by molar-refractivity contribution is -0.137. The number of hydrogen-bond acceptors (Lipinski definition) is 4. The largest absolute Gasteiger partial charge is 0.416 e. The van der Waals surface area contributed by atoms with Crippen molar-refractivity contribution >= 4 is 11.6 Å². The summed E-state index contributed by atoms with van der Waals surface area (Å²) in [5, 5.41) is 2.86. The number of amides is 1. The van der Waals surface area contributed by atoms with Crippen LogP contribution in [0.2, 0.25) is 0 Å². The van der Waals surface area contributed by atoms with Crippen LogP contribution in [0.25, 0.3) is 0 Å². The van der Waals surface area contributed by atoms with E-state index in [0.29, 0.717) is 19.8 Å². The lowest BCUT2D eigenvalue weighted by Gasteiger charge is -2.36. The van der Waals surface area contributed by atoms with Crippen LogP contribution in [0.4, 0.5) is 18.9 Å². The molecule has 1 atom stereocenters. The molecular formula is C24H28F3N3O2. The third-order valence-electron chi connectivity index (χ3n) is 6.23. The van der Waals surface area contributed by atoms with E-state index < -0.39 is 17.6 Å². The minimum Gasteiger partial charge on any atom is -0.379 e. The summed E-state index contributed by atoms with van der Waals surface area (Å²) in [6.45, 7) is 4.05. The molecule has 0 radical (unpaired) electrons. The number of halogens is 3. The number of ether oxygens (including phenoxy) is 1. The number of nitrogens with one attached hydrogen (secondary N) is 1. The van der Waals surface area contributed by atoms with E-state index in [1.54, 1.807) is 0 Å². The molecule has 1 N–H and O–H groups in total. The standard InChI is InChI=1S/C24H28F3N3O2/c1-29-9-3-5-17-14-18(7-8-21(17)29)22(30-10-12-32-13-11-30)16-28-23(31)19-4-2-6-20(15-19)24(25,26)27/h2,4,6-8,14-15,22H,3,5,9-13,16H2,1H3,(H,28,31)/t22-/m1/s1. The predicted molar refractivity (Wildman–Crippen MR) is 117 cm³/mol. The highest BCUT2D eigenvalue weighted by Gasteiger charge is 2.31. The van der Waals surface area contributed by atoms with Gasteiger partial charge in [-0.25, -0.2) is 0 Å². The van der Waals surface area contributed by atoms with Gasteiger partial charge in [-0.2, -0.15) is 13.2 Å². The molecule has 0 saturated carbocycles. The zero-order chi connectivity index (χ0) is 22.7. The van der Waals surface area contributed by atoms with Crippen molar-refractivity contribution in [2.75, 3.05) is 51.3 Å². The molecule has 0 spiro atoms. The van der Waals surface area contributed by atoms with Crippen LogP contribution >= 0.6 is 0 Å². The minimum atomic E-state index is -4.48. The van der Waals surface area contributed by atoms with E-state index in [2.05, 4.69) is 40.4 Å². The van der Waals surface area contributed by atoms with Crippen molar-refractivity contribution in [3.05, 3.63) is 64.7 Å². The van der Waals surface area contributed by atoms with Crippen LogP contribution in [0.5, 0.6) is 0 Å². The fourth-order valence-corrected chi connectivity index (χ4v) is 4.49. The van der Waals surface area contributed by atoms with E-state index in [-0.39, 0.29) is 11.6 Å². The van der Waals surface area contributed by atoms with Gasteiger partial charge in [0, 0.05) is 44.5 Å². The smallest absolute Gasteiger partial charge is 0.379 e. The molecule has 0 bridgehead atoms. The summed E-state index contributed by atoms with van der Waals surface area (Å²) < 4.78 is 44.6. The molecule has 0 aromatic heterocycles. The molecule has 1 fully saturated rings. The highest BCUT2D eigenvalue weighted by atomic mass is 19.4. The van der Waals surface area contributed by atoms with Crippen molar-refractivity contribution < 1.29 is 22.7 Å². The van der Waals surface area contributed by atoms with Gasteiger partial charge in [0.1, 0.15) is 0 Å². The fourth-order valence-electron chi connectivity index (χ4n) is 4.49. The second-order valence-electron chi connectivity index (χ2n) is 8.37. The molecule has 2 heterocycles. The van der Waals surface area contributed by atoms with E-state index in [1.807, 2.05) is 0 Å². The summed E-state index contributed by atoms with van der Waals surface area (Å²) in [5.41, 5.74) is 2.80. The molecule has 0 unspecified atom stereocenters. The molecule has 0 aliphatic carbocycles. The van der Waals surface area contributed by atoms with Crippen LogP contribution in [-0.4, -0.2) is 57.2 Å². The normalized spacial score (nSPS) is 18.2. The average molecular weight is 448 g/mol. The second kappa shape index (κ2) is 9.50. The first kappa shape index (κ1) is 22.6. The lowest BCUT2D eigenvalue weighted by Crippen LogP contribution is -2.44. The number of morpholine rings is 1. The summed E-state index contributed by atoms with van der Waals surface area (Å²) in [6.07, 6.45) is -2.37. The summed E-state index contributed by atoms with van der Waals surface area (Å²) >= 11 is 0. The van der Waals surface area contributed by atoms with Crippen LogP contribution in [-0.2, 0) is 17.3 Å². The predicted octanol–water partition coefficient (Wildman–Crippen LogP) is 3.89. The van der Waals surface area contributed by atoms with Crippen LogP contribution in [0.15, 0.2) is 42.5 Å². The molecule has 5 nitrogen and oxygen atoms in total. The van der Waals surface area contributed by atoms with Crippen molar-refractivity contribution in [3.63, 3.8) is 0 Å². The maximum atomic E-state index is 13.0. The topological polar surface area (TPSA) is 44.8 Å². The Morgan fingerprint density at radius 2 is 1.91 bits per heavy atom. The molecule has 4 rings (SSSR count). The Hall–Kier alpha value is -2.58. The number of carbonyl (C=O) groups is 1. The molecule has 2 aliphatic rings. The van der Waals surface area contributed by atoms with E-state index in [0.717, 1.165) is 50.2 Å². The molecule has 172 valence electrons. The summed E-state index contributed by atoms with van der Waals surface area (Å²) in [5.74, 6) is -0.507. The minimum absolute atomic E-state index is 0.00705. The first-order chi connectivity index (χ1) is 15.3. The van der Waals surface area contributed by atoms with Crippen molar-refractivity contribution in [2.24, 2.45) is 0 Å². The number of rotatable bonds is 5. The number of aryl methyl sites for hydroxylation is 1. The summed E-state index contributed by atoms with van der Waals surface area (Å²) in [6, 6.07) is 10.9. The van der Waals surface area contributed by atoms with Crippen molar-refractivity contribution in [1.29, 1.82) is 0 Å². The Morgan fingerprint density at radius 3 is 2.66 bits per heavy atom. The maximum Gasteiger partial charge on any atom is 0.416 e. The second-order valence-corrected chi connectivity index (χ2v) is 8.37. The highest BCUT2D eigenvalue weighted by Crippen LogP contribution is 2.31. The lowest BCUT2D eigenvalue weighted by atomic mass is 9.95. The van der Waals surface area contributed by atoms with Gasteiger partial charge in [0.05, 0.1) is 24.8 Å². The third-order valence-corrected chi connectivity index (χ3v) is 6.23. The third kappa shape index (κ3) is 5.07. The van der Waals surface area contributed by atoms with Crippen LogP contribution in [0, 0.1) is 0 Å². The van der Waals surface area contributed by atoms with Crippen LogP contribution in [0.3, 0.4) is 0 Å². The maximum absolute atomic E-state index is 13.0. The van der Waals surface area contributed by atoms with Gasteiger partial charge in [-0.05, 0) is 48.2 Å². The van der Waals surface area contributed by atoms with Crippen molar-refractivity contribution in [3.8, 4) is 0 Å². The van der Waals surface area contributed by atoms with Gasteiger partial charge in [-0.3, -0.25) is 9.69 Å². The van der Waals surface area contributed by atoms with Gasteiger partial charge in [-0.1, -0.05) is 18.2 Å². The van der Waals surface area contributed by atoms with Gasteiger partial charge < -0.3 is 15.0 Å². The van der Waals surface area contributed by atoms with E-state index in [1.165, 1.54) is 23.4 Å². The molecule has 2 aliphatic heterocycles. The van der Waals surface area contributed by atoms with E-state index in [9.17, 15) is 18.0 Å². The first-order valence-electron chi connectivity index (χ1n) is 10.9. The molecular weight excluding hydrogens is 419 g/mol. The van der Waals surface area contributed by atoms with Gasteiger partial charge >= 0.3 is 6.18 Å². The Bertz CT molecular complexity index is 958. The van der Waals surface area contributed by atoms with Gasteiger partial charge in [-0.15, -0.1) is 0 Å². The number of benzene rings is 2. The van der Waals surface area contributed by atoms with E-state index in [4.69, 9.17) is 4.74 Å². The SMILES string of the molecule is CN1CCCc2cc([C@@H](CNC(=O)c3cccc(C(F)(F)F)c3)N3CCOCC3)ccc21. The van der Waals surface area contributed by atoms with Gasteiger partial charge in [0.2, 0.25) is 0 Å². The van der Waals surface area contributed by atoms with E-state index >= 15 is 0 Å². The van der Waals surface area contributed by atoms with Gasteiger partial charge in [0.25, 0.3) is 5.91 Å². The molecule has 2 aromatic rings. The quantitative estimate of drug-likeness (QED) is 0.756. The Kier molecular flexibility index (Phi) is 6.71. The van der Waals surface area contributed by atoms with Crippen LogP contribution < -0.4 is 10.2 Å². The summed E-state index contributed by atoms with van der Waals surface area (Å²) in [7, 11) is 2.09. The van der Waals surface area contributed by atoms with Gasteiger partial charge in [0.15, 0.2) is 0 Å². The average Bonchev–Trinajstić information content (AvgIpc) is 2.79. The fraction of sp³-hybridized carbons (Fsp3) is 0.458. The van der Waals surface area contributed by atoms with Crippen LogP contribution in [0.1, 0.15) is 39.5 Å². The number of nitrogens with zero attached hydrogens (tertiary/aromatic N) is 2. The van der Waals surface area contributed by atoms with Crippen molar-refractivity contribution in [1.82, 2.24) is 10.2 Å². The molecule has 1 amide bonds. The Labute approximate surface area is 186 Å². The monoisotopic (exact) mass is 447 g/mol. The highest BCUT2D eigenvalue weighted by molar-refractivity contribution is 5.94. The van der Waals surface area contributed by atoms with Crippen molar-refractivity contribution in [2.45, 2.75) is 25.1 Å². The number of carbonyl (C=O) groups excluding carboxylic acids is 1. The molecule has 32 heavy (non-hydrogen) atoms. The number of fused-ring (bicyclic) bond motifs is 1. The Balaban J connectivity index is 1.54. The number of hydrogen-bond donors (Lipinski definition) is 1. The summed E-state index contributed by atoms with van der Waals surface area (Å²) in [4.78, 5) is 17.2. The number of anilines is 1. The number of alkyl halides is 3.